The predicted octanol–water partition coefficient (Wildman–Crippen LogP) is 1.19. The first kappa shape index (κ1) is 12.0. The minimum atomic E-state index is -1.31. The molecule has 1 aromatic rings. The fraction of sp³-hybridized carbons (Fsp3) is 0.273. The van der Waals surface area contributed by atoms with Crippen molar-refractivity contribution >= 4 is 17.6 Å². The molecular formula is C11H10N2O5. The first-order valence-electron chi connectivity index (χ1n) is 5.31. The predicted molar refractivity (Wildman–Crippen MR) is 60.5 cm³/mol. The van der Waals surface area contributed by atoms with E-state index in [0.717, 1.165) is 31.0 Å². The van der Waals surface area contributed by atoms with Crippen LogP contribution in [0.25, 0.3) is 0 Å². The number of carbonyl (C=O) groups is 2. The quantitative estimate of drug-likeness (QED) is 0.616. The summed E-state index contributed by atoms with van der Waals surface area (Å²) in [4.78, 5) is 32.5. The fourth-order valence-corrected chi connectivity index (χ4v) is 1.47. The molecule has 0 heterocycles. The second-order valence-electron chi connectivity index (χ2n) is 4.08. The van der Waals surface area contributed by atoms with Crippen molar-refractivity contribution in [2.75, 3.05) is 0 Å². The minimum Gasteiger partial charge on any atom is -0.478 e. The summed E-state index contributed by atoms with van der Waals surface area (Å²) in [7, 11) is 0. The molecule has 1 fully saturated rings. The molecule has 1 saturated carbocycles. The van der Waals surface area contributed by atoms with E-state index >= 15 is 0 Å². The fourth-order valence-electron chi connectivity index (χ4n) is 1.47. The average molecular weight is 250 g/mol. The zero-order chi connectivity index (χ0) is 13.3. The summed E-state index contributed by atoms with van der Waals surface area (Å²) in [5.41, 5.74) is -0.686. The number of non-ortho nitro benzene ring substituents is 1. The Morgan fingerprint density at radius 2 is 1.89 bits per heavy atom. The van der Waals surface area contributed by atoms with Crippen molar-refractivity contribution in [1.82, 2.24) is 5.32 Å². The molecular weight excluding hydrogens is 240 g/mol. The highest BCUT2D eigenvalue weighted by atomic mass is 16.6. The summed E-state index contributed by atoms with van der Waals surface area (Å²) in [5.74, 6) is -1.79. The lowest BCUT2D eigenvalue weighted by Crippen LogP contribution is -2.25. The Kier molecular flexibility index (Phi) is 2.97. The zero-order valence-electron chi connectivity index (χ0n) is 9.25. The van der Waals surface area contributed by atoms with E-state index in [1.165, 1.54) is 0 Å². The normalized spacial score (nSPS) is 14.0. The lowest BCUT2D eigenvalue weighted by atomic mass is 10.1. The van der Waals surface area contributed by atoms with Crippen molar-refractivity contribution in [1.29, 1.82) is 0 Å². The van der Waals surface area contributed by atoms with Crippen LogP contribution in [0.1, 0.15) is 33.6 Å². The summed E-state index contributed by atoms with van der Waals surface area (Å²) >= 11 is 0. The highest BCUT2D eigenvalue weighted by Gasteiger charge is 2.25. The average Bonchev–Trinajstić information content (AvgIpc) is 3.12. The SMILES string of the molecule is O=C(O)c1cc(C(=O)NC2CC2)cc([N+](=O)[O-])c1. The minimum absolute atomic E-state index is 0.00602. The number of aromatic carboxylic acids is 1. The topological polar surface area (TPSA) is 110 Å². The van der Waals surface area contributed by atoms with Gasteiger partial charge in [0, 0.05) is 23.7 Å². The number of carboxylic acid groups (broad SMARTS) is 1. The van der Waals surface area contributed by atoms with Crippen LogP contribution in [0.3, 0.4) is 0 Å². The van der Waals surface area contributed by atoms with Crippen LogP contribution in [0, 0.1) is 10.1 Å². The number of hydrogen-bond acceptors (Lipinski definition) is 4. The number of nitro groups is 1. The van der Waals surface area contributed by atoms with E-state index in [-0.39, 0.29) is 17.2 Å². The van der Waals surface area contributed by atoms with Crippen LogP contribution in [0.2, 0.25) is 0 Å². The molecule has 1 amide bonds. The smallest absolute Gasteiger partial charge is 0.335 e. The maximum absolute atomic E-state index is 11.7. The monoisotopic (exact) mass is 250 g/mol. The molecule has 0 radical (unpaired) electrons. The van der Waals surface area contributed by atoms with Crippen LogP contribution in [0.15, 0.2) is 18.2 Å². The van der Waals surface area contributed by atoms with Crippen molar-refractivity contribution in [2.24, 2.45) is 0 Å². The van der Waals surface area contributed by atoms with Crippen molar-refractivity contribution < 1.29 is 19.6 Å². The molecule has 1 aliphatic carbocycles. The lowest BCUT2D eigenvalue weighted by molar-refractivity contribution is -0.384. The number of nitrogens with one attached hydrogen (secondary N) is 1. The van der Waals surface area contributed by atoms with Crippen LogP contribution >= 0.6 is 0 Å². The van der Waals surface area contributed by atoms with E-state index in [2.05, 4.69) is 5.32 Å². The van der Waals surface area contributed by atoms with Gasteiger partial charge in [0.2, 0.25) is 0 Å². The molecule has 0 spiro atoms. The first-order valence-corrected chi connectivity index (χ1v) is 5.31. The van der Waals surface area contributed by atoms with Crippen molar-refractivity contribution in [3.05, 3.63) is 39.4 Å². The van der Waals surface area contributed by atoms with Gasteiger partial charge in [-0.25, -0.2) is 4.79 Å². The number of nitro benzene ring substituents is 1. The Morgan fingerprint density at radius 3 is 2.39 bits per heavy atom. The second-order valence-corrected chi connectivity index (χ2v) is 4.08. The van der Waals surface area contributed by atoms with Crippen LogP contribution in [0.4, 0.5) is 5.69 Å². The molecule has 0 unspecified atom stereocenters. The standard InChI is InChI=1S/C11H10N2O5/c14-10(12-8-1-2-8)6-3-7(11(15)16)5-9(4-6)13(17)18/h3-5,8H,1-2H2,(H,12,14)(H,15,16). The van der Waals surface area contributed by atoms with Crippen molar-refractivity contribution in [3.63, 3.8) is 0 Å². The third-order valence-corrected chi connectivity index (χ3v) is 2.55. The number of hydrogen-bond donors (Lipinski definition) is 2. The number of benzene rings is 1. The van der Waals surface area contributed by atoms with Gasteiger partial charge in [0.1, 0.15) is 0 Å². The summed E-state index contributed by atoms with van der Waals surface area (Å²) in [6, 6.07) is 3.23. The van der Waals surface area contributed by atoms with Gasteiger partial charge < -0.3 is 10.4 Å². The maximum Gasteiger partial charge on any atom is 0.335 e. The van der Waals surface area contributed by atoms with Gasteiger partial charge >= 0.3 is 5.97 Å². The summed E-state index contributed by atoms with van der Waals surface area (Å²) in [5, 5.41) is 22.2. The maximum atomic E-state index is 11.7. The Balaban J connectivity index is 2.35. The van der Waals surface area contributed by atoms with Gasteiger partial charge in [-0.1, -0.05) is 0 Å². The Bertz CT molecular complexity index is 504. The van der Waals surface area contributed by atoms with Gasteiger partial charge in [-0.2, -0.15) is 0 Å². The third-order valence-electron chi connectivity index (χ3n) is 2.55. The number of rotatable bonds is 4. The van der Waals surface area contributed by atoms with Gasteiger partial charge in [0.05, 0.1) is 10.5 Å². The molecule has 94 valence electrons. The second kappa shape index (κ2) is 4.44. The van der Waals surface area contributed by atoms with Gasteiger partial charge in [0.25, 0.3) is 11.6 Å². The molecule has 18 heavy (non-hydrogen) atoms. The molecule has 7 nitrogen and oxygen atoms in total. The molecule has 0 atom stereocenters. The van der Waals surface area contributed by atoms with E-state index in [0.29, 0.717) is 0 Å². The van der Waals surface area contributed by atoms with Crippen molar-refractivity contribution in [2.45, 2.75) is 18.9 Å². The lowest BCUT2D eigenvalue weighted by Gasteiger charge is -2.04. The van der Waals surface area contributed by atoms with Crippen LogP contribution in [-0.4, -0.2) is 27.9 Å². The number of amides is 1. The number of carboxylic acids is 1. The molecule has 0 aliphatic heterocycles. The molecule has 1 aromatic carbocycles. The molecule has 0 aromatic heterocycles. The van der Waals surface area contributed by atoms with E-state index in [1.54, 1.807) is 0 Å². The molecule has 0 saturated heterocycles. The Labute approximate surface area is 102 Å². The molecule has 2 N–H and O–H groups in total. The summed E-state index contributed by atoms with van der Waals surface area (Å²) in [6.45, 7) is 0. The molecule has 0 bridgehead atoms. The number of nitrogens with zero attached hydrogens (tertiary/aromatic N) is 1. The van der Waals surface area contributed by atoms with Gasteiger partial charge in [0.15, 0.2) is 0 Å². The Hall–Kier alpha value is -2.44. The molecule has 1 aliphatic rings. The van der Waals surface area contributed by atoms with E-state index in [1.807, 2.05) is 0 Å². The third kappa shape index (κ3) is 2.62. The van der Waals surface area contributed by atoms with Crippen LogP contribution in [0.5, 0.6) is 0 Å². The zero-order valence-corrected chi connectivity index (χ0v) is 9.25. The van der Waals surface area contributed by atoms with Gasteiger partial charge in [-0.3, -0.25) is 14.9 Å². The van der Waals surface area contributed by atoms with E-state index < -0.39 is 22.5 Å². The summed E-state index contributed by atoms with van der Waals surface area (Å²) in [6.07, 6.45) is 1.76. The highest BCUT2D eigenvalue weighted by molar-refractivity contribution is 5.98. The van der Waals surface area contributed by atoms with Crippen LogP contribution in [-0.2, 0) is 0 Å². The van der Waals surface area contributed by atoms with Gasteiger partial charge in [-0.05, 0) is 18.9 Å². The number of carbonyl (C=O) groups excluding carboxylic acids is 1. The first-order chi connectivity index (χ1) is 8.47. The largest absolute Gasteiger partial charge is 0.478 e. The van der Waals surface area contributed by atoms with Crippen molar-refractivity contribution in [3.8, 4) is 0 Å². The van der Waals surface area contributed by atoms with Crippen LogP contribution < -0.4 is 5.32 Å². The molecule has 2 rings (SSSR count). The summed E-state index contributed by atoms with van der Waals surface area (Å²) < 4.78 is 0. The molecule has 7 heteroatoms. The Morgan fingerprint density at radius 1 is 1.28 bits per heavy atom. The van der Waals surface area contributed by atoms with E-state index in [9.17, 15) is 19.7 Å². The van der Waals surface area contributed by atoms with E-state index in [4.69, 9.17) is 5.11 Å². The highest BCUT2D eigenvalue weighted by Crippen LogP contribution is 2.21. The van der Waals surface area contributed by atoms with Gasteiger partial charge in [-0.15, -0.1) is 0 Å².